The summed E-state index contributed by atoms with van der Waals surface area (Å²) in [4.78, 5) is 19.0. The van der Waals surface area contributed by atoms with Crippen LogP contribution in [0.15, 0.2) is 16.7 Å². The van der Waals surface area contributed by atoms with E-state index in [0.29, 0.717) is 29.9 Å². The second-order valence-corrected chi connectivity index (χ2v) is 11.9. The van der Waals surface area contributed by atoms with Gasteiger partial charge in [0.1, 0.15) is 23.6 Å². The van der Waals surface area contributed by atoms with Gasteiger partial charge >= 0.3 is 6.09 Å². The van der Waals surface area contributed by atoms with E-state index < -0.39 is 11.7 Å². The third-order valence-corrected chi connectivity index (χ3v) is 7.84. The molecule has 39 heavy (non-hydrogen) atoms. The Morgan fingerprint density at radius 2 is 2.03 bits per heavy atom. The molecule has 0 bridgehead atoms. The average Bonchev–Trinajstić information content (AvgIpc) is 3.07. The smallest absolute Gasteiger partial charge is 0.413 e. The van der Waals surface area contributed by atoms with E-state index in [1.54, 1.807) is 18.1 Å². The Morgan fingerprint density at radius 3 is 2.72 bits per heavy atom. The summed E-state index contributed by atoms with van der Waals surface area (Å²) >= 11 is 1.40. The van der Waals surface area contributed by atoms with Gasteiger partial charge in [0.05, 0.1) is 18.5 Å². The molecular formula is C28H37N7O3S. The summed E-state index contributed by atoms with van der Waals surface area (Å²) in [5, 5.41) is 16.3. The molecule has 1 aromatic heterocycles. The Bertz CT molecular complexity index is 1370. The van der Waals surface area contributed by atoms with Crippen molar-refractivity contribution in [2.45, 2.75) is 84.2 Å². The van der Waals surface area contributed by atoms with Gasteiger partial charge in [0.15, 0.2) is 5.84 Å². The molecule has 0 saturated heterocycles. The molecule has 0 radical (unpaired) electrons. The number of nitrogens with one attached hydrogen (secondary N) is 2. The van der Waals surface area contributed by atoms with Gasteiger partial charge in [-0.1, -0.05) is 6.42 Å². The Morgan fingerprint density at radius 1 is 1.23 bits per heavy atom. The summed E-state index contributed by atoms with van der Waals surface area (Å²) < 4.78 is 15.8. The topological polar surface area (TPSA) is 116 Å². The first kappa shape index (κ1) is 27.4. The number of hydrogen-bond acceptors (Lipinski definition) is 9. The van der Waals surface area contributed by atoms with Crippen LogP contribution in [0.3, 0.4) is 0 Å². The van der Waals surface area contributed by atoms with E-state index >= 15 is 0 Å². The number of alkyl carbamates (subject to hydrolysis) is 1. The highest BCUT2D eigenvalue weighted by Crippen LogP contribution is 2.38. The van der Waals surface area contributed by atoms with Gasteiger partial charge in [0, 0.05) is 34.7 Å². The van der Waals surface area contributed by atoms with Crippen LogP contribution in [-0.4, -0.2) is 57.2 Å². The minimum atomic E-state index is -0.636. The quantitative estimate of drug-likeness (QED) is 0.411. The van der Waals surface area contributed by atoms with Crippen LogP contribution in [-0.2, 0) is 23.5 Å². The predicted molar refractivity (Wildman–Crippen MR) is 153 cm³/mol. The fourth-order valence-corrected chi connectivity index (χ4v) is 5.78. The number of pyridine rings is 1. The lowest BCUT2D eigenvalue weighted by atomic mass is 9.93. The van der Waals surface area contributed by atoms with Crippen LogP contribution in [0.1, 0.15) is 73.7 Å². The summed E-state index contributed by atoms with van der Waals surface area (Å²) in [7, 11) is 1.66. The average molecular weight is 552 g/mol. The fourth-order valence-electron chi connectivity index (χ4n) is 4.99. The molecule has 1 aromatic rings. The molecule has 1 amide bonds. The largest absolute Gasteiger partial charge is 0.496 e. The van der Waals surface area contributed by atoms with E-state index in [-0.39, 0.29) is 0 Å². The van der Waals surface area contributed by atoms with Crippen LogP contribution in [0.5, 0.6) is 5.75 Å². The predicted octanol–water partition coefficient (Wildman–Crippen LogP) is 4.57. The SMILES string of the molecule is COc1c(C)cnc(Cn2nc3cc(CCNC4CCC4)c4c-3c(n2)C(NC(=O)OC(C)(C)C)=NSC4)c1C. The first-order valence-electron chi connectivity index (χ1n) is 13.5. The number of rotatable bonds is 7. The number of carbonyl (C=O) groups excluding carboxylic acids is 1. The van der Waals surface area contributed by atoms with Crippen molar-refractivity contribution in [1.29, 1.82) is 0 Å². The second kappa shape index (κ2) is 11.1. The highest BCUT2D eigenvalue weighted by atomic mass is 32.2. The van der Waals surface area contributed by atoms with E-state index in [4.69, 9.17) is 19.7 Å². The highest BCUT2D eigenvalue weighted by molar-refractivity contribution is 7.97. The van der Waals surface area contributed by atoms with Gasteiger partial charge in [0.25, 0.3) is 0 Å². The number of methoxy groups -OCH3 is 1. The zero-order chi connectivity index (χ0) is 27.7. The normalized spacial score (nSPS) is 15.5. The summed E-state index contributed by atoms with van der Waals surface area (Å²) in [5.41, 5.74) is 6.84. The molecule has 4 aliphatic rings. The van der Waals surface area contributed by atoms with Crippen molar-refractivity contribution in [3.05, 3.63) is 45.9 Å². The van der Waals surface area contributed by atoms with E-state index in [1.807, 2.05) is 34.6 Å². The summed E-state index contributed by atoms with van der Waals surface area (Å²) in [6, 6.07) is 2.79. The summed E-state index contributed by atoms with van der Waals surface area (Å²) in [6.07, 6.45) is 5.95. The second-order valence-electron chi connectivity index (χ2n) is 11.2. The Hall–Kier alpha value is -3.18. The Labute approximate surface area is 233 Å². The lowest BCUT2D eigenvalue weighted by Crippen LogP contribution is -2.37. The van der Waals surface area contributed by atoms with Gasteiger partial charge < -0.3 is 14.8 Å². The van der Waals surface area contributed by atoms with Crippen LogP contribution in [0.25, 0.3) is 11.3 Å². The van der Waals surface area contributed by atoms with Crippen molar-refractivity contribution in [2.24, 2.45) is 4.40 Å². The zero-order valence-electron chi connectivity index (χ0n) is 23.6. The highest BCUT2D eigenvalue weighted by Gasteiger charge is 2.30. The van der Waals surface area contributed by atoms with Crippen LogP contribution >= 0.6 is 11.9 Å². The van der Waals surface area contributed by atoms with Crippen molar-refractivity contribution >= 4 is 23.9 Å². The van der Waals surface area contributed by atoms with Gasteiger partial charge in [-0.25, -0.2) is 4.79 Å². The number of amidine groups is 1. The van der Waals surface area contributed by atoms with Crippen LogP contribution < -0.4 is 15.4 Å². The fraction of sp³-hybridized carbons (Fsp3) is 0.536. The van der Waals surface area contributed by atoms with E-state index in [9.17, 15) is 4.79 Å². The molecule has 5 rings (SSSR count). The maximum atomic E-state index is 12.7. The number of amides is 1. The molecule has 0 aromatic carbocycles. The molecule has 2 aliphatic carbocycles. The maximum Gasteiger partial charge on any atom is 0.413 e. The molecule has 1 saturated carbocycles. The summed E-state index contributed by atoms with van der Waals surface area (Å²) in [5.74, 6) is 1.85. The van der Waals surface area contributed by atoms with E-state index in [2.05, 4.69) is 26.1 Å². The first-order valence-corrected chi connectivity index (χ1v) is 14.4. The molecule has 2 aliphatic heterocycles. The Balaban J connectivity index is 1.52. The van der Waals surface area contributed by atoms with Gasteiger partial charge in [-0.15, -0.1) is 0 Å². The maximum absolute atomic E-state index is 12.7. The third-order valence-electron chi connectivity index (χ3n) is 7.11. The monoisotopic (exact) mass is 551 g/mol. The molecule has 0 unspecified atom stereocenters. The van der Waals surface area contributed by atoms with Crippen molar-refractivity contribution in [1.82, 2.24) is 30.6 Å². The lowest BCUT2D eigenvalue weighted by Gasteiger charge is -2.26. The molecule has 1 fully saturated rings. The van der Waals surface area contributed by atoms with Gasteiger partial charge in [-0.3, -0.25) is 10.3 Å². The molecule has 10 nitrogen and oxygen atoms in total. The van der Waals surface area contributed by atoms with Crippen molar-refractivity contribution in [3.8, 4) is 17.0 Å². The van der Waals surface area contributed by atoms with E-state index in [1.165, 1.54) is 42.3 Å². The third kappa shape index (κ3) is 6.04. The minimum Gasteiger partial charge on any atom is -0.496 e. The molecule has 11 heteroatoms. The minimum absolute atomic E-state index is 0.345. The van der Waals surface area contributed by atoms with E-state index in [0.717, 1.165) is 46.8 Å². The zero-order valence-corrected chi connectivity index (χ0v) is 24.4. The lowest BCUT2D eigenvalue weighted by molar-refractivity contribution is 0.0563. The number of hydrogen-bond donors (Lipinski definition) is 2. The van der Waals surface area contributed by atoms with Crippen molar-refractivity contribution in [2.75, 3.05) is 13.7 Å². The van der Waals surface area contributed by atoms with Crippen LogP contribution in [0, 0.1) is 13.8 Å². The van der Waals surface area contributed by atoms with Gasteiger partial charge in [-0.2, -0.15) is 19.4 Å². The number of ether oxygens (including phenoxy) is 2. The molecule has 0 atom stereocenters. The number of carbonyl (C=O) groups is 1. The van der Waals surface area contributed by atoms with Gasteiger partial charge in [-0.05, 0) is 89.6 Å². The molecule has 208 valence electrons. The van der Waals surface area contributed by atoms with Crippen LogP contribution in [0.2, 0.25) is 0 Å². The molecule has 2 N–H and O–H groups in total. The molecule has 3 heterocycles. The number of aromatic nitrogens is 4. The van der Waals surface area contributed by atoms with Crippen molar-refractivity contribution < 1.29 is 14.3 Å². The summed E-state index contributed by atoms with van der Waals surface area (Å²) in [6.45, 7) is 10.7. The first-order chi connectivity index (χ1) is 18.6. The van der Waals surface area contributed by atoms with Crippen LogP contribution in [0.4, 0.5) is 4.79 Å². The molecular weight excluding hydrogens is 514 g/mol. The van der Waals surface area contributed by atoms with Crippen molar-refractivity contribution in [3.63, 3.8) is 0 Å². The molecule has 0 spiro atoms. The standard InChI is InChI=1S/C28H37N7O3S/c1-16-13-30-22(17(2)25(16)37-6)14-35-32-21-12-18(10-11-29-19-8-7-9-19)20-15-39-34-26(24(33-35)23(20)21)31-27(36)38-28(3,4)5/h12-13,19,29H,7-11,14-15H2,1-6H3,(H,31,34,36). The Kier molecular flexibility index (Phi) is 7.82. The number of nitrogens with zero attached hydrogens (tertiary/aromatic N) is 5. The number of aryl methyl sites for hydroxylation is 1. The van der Waals surface area contributed by atoms with Gasteiger partial charge in [0.2, 0.25) is 0 Å².